The number of hydrogen-bond donors (Lipinski definition) is 0. The maximum absolute atomic E-state index is 6.08. The summed E-state index contributed by atoms with van der Waals surface area (Å²) in [7, 11) is 0. The SMILES string of the molecule is Cc1cc(Cl)ccc1N1CCN([C@@H]2C[C@H]2c2ccccc2)CC1. The molecule has 0 aromatic heterocycles. The minimum absolute atomic E-state index is 0.750. The highest BCUT2D eigenvalue weighted by molar-refractivity contribution is 6.30. The van der Waals surface area contributed by atoms with E-state index in [-0.39, 0.29) is 0 Å². The van der Waals surface area contributed by atoms with E-state index in [1.165, 1.54) is 23.2 Å². The molecule has 3 heteroatoms. The van der Waals surface area contributed by atoms with Crippen molar-refractivity contribution in [1.29, 1.82) is 0 Å². The van der Waals surface area contributed by atoms with Crippen LogP contribution in [0.3, 0.4) is 0 Å². The molecule has 2 aliphatic rings. The molecule has 1 heterocycles. The highest BCUT2D eigenvalue weighted by atomic mass is 35.5. The molecule has 1 aliphatic heterocycles. The van der Waals surface area contributed by atoms with Gasteiger partial charge in [0, 0.05) is 48.8 Å². The smallest absolute Gasteiger partial charge is 0.0410 e. The van der Waals surface area contributed by atoms with Crippen molar-refractivity contribution in [3.8, 4) is 0 Å². The average molecular weight is 327 g/mol. The Bertz CT molecular complexity index is 677. The van der Waals surface area contributed by atoms with Crippen molar-refractivity contribution in [3.05, 3.63) is 64.7 Å². The Morgan fingerprint density at radius 3 is 2.39 bits per heavy atom. The Kier molecular flexibility index (Phi) is 4.04. The van der Waals surface area contributed by atoms with E-state index in [0.29, 0.717) is 0 Å². The zero-order chi connectivity index (χ0) is 15.8. The van der Waals surface area contributed by atoms with Crippen molar-refractivity contribution < 1.29 is 0 Å². The third kappa shape index (κ3) is 3.11. The second-order valence-electron chi connectivity index (χ2n) is 6.77. The van der Waals surface area contributed by atoms with Gasteiger partial charge in [-0.05, 0) is 42.7 Å². The summed E-state index contributed by atoms with van der Waals surface area (Å²) in [4.78, 5) is 5.18. The van der Waals surface area contributed by atoms with Crippen LogP contribution >= 0.6 is 11.6 Å². The molecule has 0 N–H and O–H groups in total. The highest BCUT2D eigenvalue weighted by Crippen LogP contribution is 2.45. The first kappa shape index (κ1) is 15.0. The molecule has 0 bridgehead atoms. The number of nitrogens with zero attached hydrogens (tertiary/aromatic N) is 2. The van der Waals surface area contributed by atoms with Crippen LogP contribution in [0.4, 0.5) is 5.69 Å². The number of halogens is 1. The van der Waals surface area contributed by atoms with Crippen LogP contribution in [0.1, 0.15) is 23.5 Å². The molecule has 0 spiro atoms. The average Bonchev–Trinajstić information content (AvgIpc) is 3.37. The molecule has 2 aromatic carbocycles. The zero-order valence-corrected chi connectivity index (χ0v) is 14.3. The molecule has 0 unspecified atom stereocenters. The predicted molar refractivity (Wildman–Crippen MR) is 97.6 cm³/mol. The first-order valence-corrected chi connectivity index (χ1v) is 8.90. The summed E-state index contributed by atoms with van der Waals surface area (Å²) in [5, 5.41) is 0.827. The van der Waals surface area contributed by atoms with E-state index in [0.717, 1.165) is 43.2 Å². The number of aryl methyl sites for hydroxylation is 1. The van der Waals surface area contributed by atoms with Crippen molar-refractivity contribution in [3.63, 3.8) is 0 Å². The fourth-order valence-electron chi connectivity index (χ4n) is 3.91. The van der Waals surface area contributed by atoms with E-state index < -0.39 is 0 Å². The van der Waals surface area contributed by atoms with Crippen molar-refractivity contribution in [2.75, 3.05) is 31.1 Å². The van der Waals surface area contributed by atoms with Gasteiger partial charge in [0.1, 0.15) is 0 Å². The van der Waals surface area contributed by atoms with Gasteiger partial charge >= 0.3 is 0 Å². The maximum atomic E-state index is 6.08. The summed E-state index contributed by atoms with van der Waals surface area (Å²) < 4.78 is 0. The minimum atomic E-state index is 0.750. The lowest BCUT2D eigenvalue weighted by Gasteiger charge is -2.37. The number of rotatable bonds is 3. The van der Waals surface area contributed by atoms with Crippen molar-refractivity contribution in [2.45, 2.75) is 25.3 Å². The summed E-state index contributed by atoms with van der Waals surface area (Å²) in [6, 6.07) is 18.0. The molecular weight excluding hydrogens is 304 g/mol. The van der Waals surface area contributed by atoms with Crippen molar-refractivity contribution >= 4 is 17.3 Å². The largest absolute Gasteiger partial charge is 0.369 e. The second kappa shape index (κ2) is 6.18. The van der Waals surface area contributed by atoms with Gasteiger partial charge in [-0.25, -0.2) is 0 Å². The van der Waals surface area contributed by atoms with E-state index in [1.807, 2.05) is 6.07 Å². The van der Waals surface area contributed by atoms with Crippen LogP contribution in [-0.4, -0.2) is 37.1 Å². The van der Waals surface area contributed by atoms with Crippen LogP contribution < -0.4 is 4.90 Å². The maximum Gasteiger partial charge on any atom is 0.0410 e. The van der Waals surface area contributed by atoms with Crippen LogP contribution in [0.15, 0.2) is 48.5 Å². The Balaban J connectivity index is 1.37. The monoisotopic (exact) mass is 326 g/mol. The number of piperazine rings is 1. The molecule has 23 heavy (non-hydrogen) atoms. The summed E-state index contributed by atoms with van der Waals surface area (Å²) in [6.45, 7) is 6.70. The van der Waals surface area contributed by atoms with E-state index in [2.05, 4.69) is 59.2 Å². The Hall–Kier alpha value is -1.51. The molecule has 1 aliphatic carbocycles. The lowest BCUT2D eigenvalue weighted by molar-refractivity contribution is 0.244. The third-order valence-electron chi connectivity index (χ3n) is 5.27. The molecule has 120 valence electrons. The highest BCUT2D eigenvalue weighted by Gasteiger charge is 2.43. The third-order valence-corrected chi connectivity index (χ3v) is 5.50. The molecule has 1 saturated heterocycles. The quantitative estimate of drug-likeness (QED) is 0.828. The second-order valence-corrected chi connectivity index (χ2v) is 7.21. The lowest BCUT2D eigenvalue weighted by Crippen LogP contribution is -2.47. The molecule has 1 saturated carbocycles. The van der Waals surface area contributed by atoms with Crippen LogP contribution in [0.5, 0.6) is 0 Å². The summed E-state index contributed by atoms with van der Waals surface area (Å²) >= 11 is 6.08. The molecule has 2 nitrogen and oxygen atoms in total. The molecular formula is C20H23ClN2. The van der Waals surface area contributed by atoms with Gasteiger partial charge in [-0.1, -0.05) is 41.9 Å². The van der Waals surface area contributed by atoms with Crippen LogP contribution in [0, 0.1) is 6.92 Å². The summed E-state index contributed by atoms with van der Waals surface area (Å²) in [5.74, 6) is 0.750. The number of benzene rings is 2. The molecule has 0 amide bonds. The van der Waals surface area contributed by atoms with Gasteiger partial charge in [0.05, 0.1) is 0 Å². The first-order valence-electron chi connectivity index (χ1n) is 8.52. The van der Waals surface area contributed by atoms with Gasteiger partial charge in [-0.15, -0.1) is 0 Å². The van der Waals surface area contributed by atoms with Gasteiger partial charge in [0.15, 0.2) is 0 Å². The molecule has 4 rings (SSSR count). The van der Waals surface area contributed by atoms with Gasteiger partial charge in [0.25, 0.3) is 0 Å². The van der Waals surface area contributed by atoms with E-state index in [4.69, 9.17) is 11.6 Å². The van der Waals surface area contributed by atoms with Gasteiger partial charge in [-0.2, -0.15) is 0 Å². The molecule has 2 fully saturated rings. The van der Waals surface area contributed by atoms with E-state index in [9.17, 15) is 0 Å². The molecule has 0 radical (unpaired) electrons. The normalized spacial score (nSPS) is 24.7. The Morgan fingerprint density at radius 2 is 1.70 bits per heavy atom. The van der Waals surface area contributed by atoms with Gasteiger partial charge < -0.3 is 4.90 Å². The first-order chi connectivity index (χ1) is 11.2. The molecule has 2 atom stereocenters. The van der Waals surface area contributed by atoms with Crippen molar-refractivity contribution in [2.24, 2.45) is 0 Å². The Morgan fingerprint density at radius 1 is 0.957 bits per heavy atom. The Labute approximate surface area is 143 Å². The van der Waals surface area contributed by atoms with Crippen molar-refractivity contribution in [1.82, 2.24) is 4.90 Å². The number of hydrogen-bond acceptors (Lipinski definition) is 2. The van der Waals surface area contributed by atoms with E-state index in [1.54, 1.807) is 0 Å². The van der Waals surface area contributed by atoms with E-state index >= 15 is 0 Å². The summed E-state index contributed by atoms with van der Waals surface area (Å²) in [5.41, 5.74) is 4.12. The van der Waals surface area contributed by atoms with Crippen LogP contribution in [-0.2, 0) is 0 Å². The number of anilines is 1. The molecule has 2 aromatic rings. The fraction of sp³-hybridized carbons (Fsp3) is 0.400. The summed E-state index contributed by atoms with van der Waals surface area (Å²) in [6.07, 6.45) is 1.32. The minimum Gasteiger partial charge on any atom is -0.369 e. The van der Waals surface area contributed by atoms with Gasteiger partial charge in [-0.3, -0.25) is 4.90 Å². The topological polar surface area (TPSA) is 6.48 Å². The van der Waals surface area contributed by atoms with Crippen LogP contribution in [0.2, 0.25) is 5.02 Å². The van der Waals surface area contributed by atoms with Crippen LogP contribution in [0.25, 0.3) is 0 Å². The zero-order valence-electron chi connectivity index (χ0n) is 13.6. The standard InChI is InChI=1S/C20H23ClN2/c1-15-13-17(21)7-8-19(15)22-9-11-23(12-10-22)20-14-18(20)16-5-3-2-4-6-16/h2-8,13,18,20H,9-12,14H2,1H3/t18-,20+/m0/s1. The predicted octanol–water partition coefficient (Wildman–Crippen LogP) is 4.33. The lowest BCUT2D eigenvalue weighted by atomic mass is 10.1. The fourth-order valence-corrected chi connectivity index (χ4v) is 4.14. The van der Waals surface area contributed by atoms with Gasteiger partial charge in [0.2, 0.25) is 0 Å².